The predicted molar refractivity (Wildman–Crippen MR) is 53.0 cm³/mol. The van der Waals surface area contributed by atoms with Crippen LogP contribution >= 0.6 is 0 Å². The van der Waals surface area contributed by atoms with E-state index in [1.54, 1.807) is 0 Å². The molecule has 2 aliphatic rings. The summed E-state index contributed by atoms with van der Waals surface area (Å²) in [6.45, 7) is 5.20. The molecular weight excluding hydrogens is 162 g/mol. The summed E-state index contributed by atoms with van der Waals surface area (Å²) in [6, 6.07) is 0.463. The van der Waals surface area contributed by atoms with Gasteiger partial charge in [-0.05, 0) is 18.1 Å². The number of hydrogen-bond donors (Lipinski definition) is 1. The van der Waals surface area contributed by atoms with Crippen LogP contribution in [0.4, 0.5) is 0 Å². The quantitative estimate of drug-likeness (QED) is 0.661. The Hall–Kier alpha value is -1.18. The molecular formula is C11H15NO. The van der Waals surface area contributed by atoms with Crippen LogP contribution in [0.1, 0.15) is 13.8 Å². The average molecular weight is 177 g/mol. The molecule has 0 amide bonds. The van der Waals surface area contributed by atoms with Gasteiger partial charge >= 0.3 is 0 Å². The summed E-state index contributed by atoms with van der Waals surface area (Å²) in [5, 5.41) is 3.39. The lowest BCUT2D eigenvalue weighted by molar-refractivity contribution is 0.243. The Morgan fingerprint density at radius 1 is 1.38 bits per heavy atom. The fourth-order valence-electron chi connectivity index (χ4n) is 1.48. The minimum atomic E-state index is 0.463. The van der Waals surface area contributed by atoms with Gasteiger partial charge < -0.3 is 10.1 Å². The lowest BCUT2D eigenvalue weighted by atomic mass is 10.1. The molecule has 0 bridgehead atoms. The summed E-state index contributed by atoms with van der Waals surface area (Å²) < 4.78 is 5.58. The normalized spacial score (nSPS) is 25.6. The molecule has 1 unspecified atom stereocenters. The zero-order valence-corrected chi connectivity index (χ0v) is 8.08. The topological polar surface area (TPSA) is 21.3 Å². The first-order valence-corrected chi connectivity index (χ1v) is 4.76. The molecule has 0 aromatic rings. The fraction of sp³-hybridized carbons (Fsp3) is 0.455. The van der Waals surface area contributed by atoms with Gasteiger partial charge in [0.15, 0.2) is 5.88 Å². The van der Waals surface area contributed by atoms with Gasteiger partial charge in [-0.25, -0.2) is 0 Å². The number of ether oxygens (including phenoxy) is 1. The Kier molecular flexibility index (Phi) is 2.13. The van der Waals surface area contributed by atoms with Gasteiger partial charge in [0.2, 0.25) is 0 Å². The van der Waals surface area contributed by atoms with Crippen molar-refractivity contribution < 1.29 is 4.74 Å². The Bertz CT molecular complexity index is 272. The first-order valence-electron chi connectivity index (χ1n) is 4.76. The molecule has 0 aromatic heterocycles. The average Bonchev–Trinajstić information content (AvgIpc) is 2.75. The Balaban J connectivity index is 2.10. The third kappa shape index (κ3) is 1.62. The largest absolute Gasteiger partial charge is 0.477 e. The number of hydrogen-bond acceptors (Lipinski definition) is 2. The van der Waals surface area contributed by atoms with E-state index in [0.717, 1.165) is 18.1 Å². The highest BCUT2D eigenvalue weighted by molar-refractivity contribution is 5.42. The summed E-state index contributed by atoms with van der Waals surface area (Å²) in [5.41, 5.74) is 1.16. The van der Waals surface area contributed by atoms with Crippen LogP contribution < -0.4 is 5.32 Å². The second-order valence-corrected chi connectivity index (χ2v) is 3.81. The highest BCUT2D eigenvalue weighted by atomic mass is 16.5. The van der Waals surface area contributed by atoms with E-state index in [-0.39, 0.29) is 0 Å². The van der Waals surface area contributed by atoms with Crippen LogP contribution in [0.15, 0.2) is 35.8 Å². The molecule has 1 aliphatic heterocycles. The van der Waals surface area contributed by atoms with E-state index in [0.29, 0.717) is 12.0 Å². The van der Waals surface area contributed by atoms with Gasteiger partial charge in [-0.15, -0.1) is 0 Å². The lowest BCUT2D eigenvalue weighted by Crippen LogP contribution is -2.28. The highest BCUT2D eigenvalue weighted by Crippen LogP contribution is 2.20. The fourth-order valence-corrected chi connectivity index (χ4v) is 1.48. The number of allylic oxidation sites excluding steroid dienone is 5. The maximum Gasteiger partial charge on any atom is 0.194 e. The summed E-state index contributed by atoms with van der Waals surface area (Å²) in [7, 11) is 0. The van der Waals surface area contributed by atoms with Crippen molar-refractivity contribution >= 4 is 0 Å². The van der Waals surface area contributed by atoms with Gasteiger partial charge in [0, 0.05) is 5.57 Å². The van der Waals surface area contributed by atoms with E-state index in [1.807, 2.05) is 12.2 Å². The molecule has 1 saturated heterocycles. The Morgan fingerprint density at radius 3 is 2.62 bits per heavy atom. The molecule has 0 radical (unpaired) electrons. The van der Waals surface area contributed by atoms with Crippen LogP contribution in [-0.2, 0) is 4.74 Å². The maximum atomic E-state index is 5.58. The molecule has 1 aliphatic carbocycles. The van der Waals surface area contributed by atoms with Crippen molar-refractivity contribution in [1.82, 2.24) is 5.32 Å². The second-order valence-electron chi connectivity index (χ2n) is 3.81. The van der Waals surface area contributed by atoms with Gasteiger partial charge in [0.05, 0.1) is 6.04 Å². The first-order chi connectivity index (χ1) is 6.27. The Labute approximate surface area is 79.0 Å². The number of rotatable bonds is 1. The Morgan fingerprint density at radius 2 is 2.08 bits per heavy atom. The summed E-state index contributed by atoms with van der Waals surface area (Å²) in [6.07, 6.45) is 8.17. The van der Waals surface area contributed by atoms with Crippen LogP contribution in [-0.4, -0.2) is 12.6 Å². The van der Waals surface area contributed by atoms with Crippen LogP contribution in [0, 0.1) is 5.92 Å². The first kappa shape index (κ1) is 8.42. The molecule has 1 atom stereocenters. The lowest BCUT2D eigenvalue weighted by Gasteiger charge is -2.11. The van der Waals surface area contributed by atoms with Crippen molar-refractivity contribution in [2.75, 3.05) is 6.61 Å². The molecule has 1 N–H and O–H groups in total. The monoisotopic (exact) mass is 177 g/mol. The molecule has 0 saturated carbocycles. The second kappa shape index (κ2) is 3.29. The van der Waals surface area contributed by atoms with Crippen LogP contribution in [0.2, 0.25) is 0 Å². The van der Waals surface area contributed by atoms with Crippen molar-refractivity contribution in [2.24, 2.45) is 5.92 Å². The van der Waals surface area contributed by atoms with Gasteiger partial charge in [0.25, 0.3) is 0 Å². The molecule has 2 heteroatoms. The summed E-state index contributed by atoms with van der Waals surface area (Å²) in [5.74, 6) is 1.55. The molecule has 1 fully saturated rings. The van der Waals surface area contributed by atoms with Gasteiger partial charge in [0.1, 0.15) is 6.61 Å². The van der Waals surface area contributed by atoms with Crippen molar-refractivity contribution in [2.45, 2.75) is 19.9 Å². The minimum Gasteiger partial charge on any atom is -0.477 e. The molecule has 0 aromatic carbocycles. The van der Waals surface area contributed by atoms with Crippen LogP contribution in [0.3, 0.4) is 0 Å². The van der Waals surface area contributed by atoms with E-state index >= 15 is 0 Å². The predicted octanol–water partition coefficient (Wildman–Crippen LogP) is 1.97. The minimum absolute atomic E-state index is 0.463. The van der Waals surface area contributed by atoms with E-state index < -0.39 is 0 Å². The SMILES string of the molecule is CC(C)C1COC(=C2C=CC=C2)N1. The van der Waals surface area contributed by atoms with Crippen molar-refractivity contribution in [3.8, 4) is 0 Å². The van der Waals surface area contributed by atoms with E-state index in [4.69, 9.17) is 4.74 Å². The van der Waals surface area contributed by atoms with Crippen LogP contribution in [0.5, 0.6) is 0 Å². The third-order valence-electron chi connectivity index (χ3n) is 2.45. The molecule has 2 nitrogen and oxygen atoms in total. The maximum absolute atomic E-state index is 5.58. The molecule has 13 heavy (non-hydrogen) atoms. The third-order valence-corrected chi connectivity index (χ3v) is 2.45. The van der Waals surface area contributed by atoms with Gasteiger partial charge in [-0.2, -0.15) is 0 Å². The molecule has 70 valence electrons. The van der Waals surface area contributed by atoms with Gasteiger partial charge in [-0.3, -0.25) is 0 Å². The van der Waals surface area contributed by atoms with Crippen molar-refractivity contribution in [3.05, 3.63) is 35.8 Å². The molecule has 2 rings (SSSR count). The smallest absolute Gasteiger partial charge is 0.194 e. The van der Waals surface area contributed by atoms with E-state index in [9.17, 15) is 0 Å². The van der Waals surface area contributed by atoms with Crippen LogP contribution in [0.25, 0.3) is 0 Å². The number of nitrogens with one attached hydrogen (secondary N) is 1. The highest BCUT2D eigenvalue weighted by Gasteiger charge is 2.23. The summed E-state index contributed by atoms with van der Waals surface area (Å²) in [4.78, 5) is 0. The van der Waals surface area contributed by atoms with Gasteiger partial charge in [-0.1, -0.05) is 26.0 Å². The standard InChI is InChI=1S/C11H15NO/c1-8(2)10-7-13-11(12-10)9-5-3-4-6-9/h3-6,8,10,12H,7H2,1-2H3. The van der Waals surface area contributed by atoms with Crippen molar-refractivity contribution in [3.63, 3.8) is 0 Å². The molecule has 0 spiro atoms. The van der Waals surface area contributed by atoms with E-state index in [2.05, 4.69) is 31.3 Å². The zero-order chi connectivity index (χ0) is 9.26. The summed E-state index contributed by atoms with van der Waals surface area (Å²) >= 11 is 0. The molecule has 1 heterocycles. The zero-order valence-electron chi connectivity index (χ0n) is 8.08. The van der Waals surface area contributed by atoms with E-state index in [1.165, 1.54) is 0 Å². The van der Waals surface area contributed by atoms with Crippen molar-refractivity contribution in [1.29, 1.82) is 0 Å².